The maximum Gasteiger partial charge on any atom is 0.317 e. The lowest BCUT2D eigenvalue weighted by Gasteiger charge is -2.33. The summed E-state index contributed by atoms with van der Waals surface area (Å²) in [7, 11) is 0. The van der Waals surface area contributed by atoms with Crippen LogP contribution in [0.5, 0.6) is 0 Å². The third kappa shape index (κ3) is 5.19. The molecule has 1 aromatic rings. The number of aliphatic hydroxyl groups is 1. The lowest BCUT2D eigenvalue weighted by atomic mass is 10.1. The smallest absolute Gasteiger partial charge is 0.317 e. The minimum atomic E-state index is -0.874. The summed E-state index contributed by atoms with van der Waals surface area (Å²) in [6.07, 6.45) is 1.10. The summed E-state index contributed by atoms with van der Waals surface area (Å²) in [5, 5.41) is 15.1. The zero-order valence-corrected chi connectivity index (χ0v) is 15.4. The van der Waals surface area contributed by atoms with Gasteiger partial charge in [-0.05, 0) is 51.1 Å². The van der Waals surface area contributed by atoms with Gasteiger partial charge < -0.3 is 15.3 Å². The van der Waals surface area contributed by atoms with Gasteiger partial charge in [0.25, 0.3) is 0 Å². The highest BCUT2D eigenvalue weighted by Crippen LogP contribution is 2.24. The minimum absolute atomic E-state index is 0.102. The van der Waals surface area contributed by atoms with Gasteiger partial charge in [0.1, 0.15) is 0 Å². The summed E-state index contributed by atoms with van der Waals surface area (Å²) < 4.78 is 0. The largest absolute Gasteiger partial charge is 0.389 e. The number of carbonyl (C=O) groups is 1. The predicted octanol–water partition coefficient (Wildman–Crippen LogP) is 2.30. The topological polar surface area (TPSA) is 55.8 Å². The van der Waals surface area contributed by atoms with Gasteiger partial charge in [-0.15, -0.1) is 11.3 Å². The first-order valence-corrected chi connectivity index (χ1v) is 9.22. The van der Waals surface area contributed by atoms with Crippen LogP contribution in [-0.2, 0) is 13.0 Å². The summed E-state index contributed by atoms with van der Waals surface area (Å²) in [6.45, 7) is 11.1. The molecule has 0 aliphatic carbocycles. The molecule has 0 spiro atoms. The van der Waals surface area contributed by atoms with E-state index in [2.05, 4.69) is 28.6 Å². The zero-order chi connectivity index (χ0) is 17.0. The zero-order valence-electron chi connectivity index (χ0n) is 14.6. The second-order valence-electron chi connectivity index (χ2n) is 6.95. The molecule has 6 heteroatoms. The Morgan fingerprint density at radius 3 is 2.96 bits per heavy atom. The Morgan fingerprint density at radius 1 is 1.57 bits per heavy atom. The van der Waals surface area contributed by atoms with Crippen molar-refractivity contribution in [2.24, 2.45) is 0 Å². The number of thiophene rings is 1. The third-order valence-electron chi connectivity index (χ3n) is 4.26. The first-order chi connectivity index (χ1) is 10.8. The molecule has 0 radical (unpaired) electrons. The molecular weight excluding hydrogens is 310 g/mol. The van der Waals surface area contributed by atoms with Gasteiger partial charge in [0.05, 0.1) is 12.1 Å². The first-order valence-electron chi connectivity index (χ1n) is 8.34. The lowest BCUT2D eigenvalue weighted by Crippen LogP contribution is -2.50. The second-order valence-corrected chi connectivity index (χ2v) is 7.95. The molecule has 0 bridgehead atoms. The molecule has 2 amide bonds. The number of amides is 2. The summed E-state index contributed by atoms with van der Waals surface area (Å²) in [4.78, 5) is 17.9. The van der Waals surface area contributed by atoms with Crippen molar-refractivity contribution in [1.82, 2.24) is 15.1 Å². The fourth-order valence-corrected chi connectivity index (χ4v) is 3.81. The van der Waals surface area contributed by atoms with Crippen LogP contribution in [0, 0.1) is 0 Å². The quantitative estimate of drug-likeness (QED) is 0.836. The van der Waals surface area contributed by atoms with Crippen molar-refractivity contribution in [3.05, 3.63) is 21.9 Å². The Morgan fingerprint density at radius 2 is 2.30 bits per heavy atom. The van der Waals surface area contributed by atoms with E-state index in [-0.39, 0.29) is 6.03 Å². The van der Waals surface area contributed by atoms with Gasteiger partial charge in [0.2, 0.25) is 0 Å². The molecule has 0 saturated carbocycles. The third-order valence-corrected chi connectivity index (χ3v) is 5.28. The van der Waals surface area contributed by atoms with Gasteiger partial charge >= 0.3 is 6.03 Å². The molecule has 1 aliphatic rings. The monoisotopic (exact) mass is 339 g/mol. The Balaban J connectivity index is 1.82. The SMILES string of the molecule is CCN(CC(C)(C)O)C(=O)NCC(C)N1CCc2sccc2C1. The highest BCUT2D eigenvalue weighted by Gasteiger charge is 2.24. The number of nitrogens with zero attached hydrogens (tertiary/aromatic N) is 2. The maximum absolute atomic E-state index is 12.3. The Hall–Kier alpha value is -1.11. The number of hydrogen-bond acceptors (Lipinski definition) is 4. The van der Waals surface area contributed by atoms with E-state index in [1.165, 1.54) is 10.4 Å². The van der Waals surface area contributed by atoms with Crippen LogP contribution in [0.2, 0.25) is 0 Å². The Labute approximate surface area is 143 Å². The summed E-state index contributed by atoms with van der Waals surface area (Å²) in [6, 6.07) is 2.40. The number of rotatable bonds is 6. The van der Waals surface area contributed by atoms with Gasteiger partial charge in [-0.1, -0.05) is 0 Å². The fourth-order valence-electron chi connectivity index (χ4n) is 2.92. The normalized spacial score (nSPS) is 16.7. The molecule has 130 valence electrons. The molecular formula is C17H29N3O2S. The van der Waals surface area contributed by atoms with Gasteiger partial charge in [-0.3, -0.25) is 4.90 Å². The maximum atomic E-state index is 12.3. The van der Waals surface area contributed by atoms with Crippen molar-refractivity contribution in [1.29, 1.82) is 0 Å². The van der Waals surface area contributed by atoms with E-state index in [1.54, 1.807) is 18.7 Å². The average molecular weight is 340 g/mol. The van der Waals surface area contributed by atoms with Gasteiger partial charge in [0.15, 0.2) is 0 Å². The fraction of sp³-hybridized carbons (Fsp3) is 0.706. The van der Waals surface area contributed by atoms with E-state index < -0.39 is 5.60 Å². The minimum Gasteiger partial charge on any atom is -0.389 e. The highest BCUT2D eigenvalue weighted by atomic mass is 32.1. The molecule has 2 N–H and O–H groups in total. The van der Waals surface area contributed by atoms with E-state index in [4.69, 9.17) is 0 Å². The van der Waals surface area contributed by atoms with E-state index in [0.717, 1.165) is 19.5 Å². The van der Waals surface area contributed by atoms with Crippen LogP contribution in [-0.4, -0.2) is 58.8 Å². The molecule has 2 rings (SSSR count). The van der Waals surface area contributed by atoms with Crippen molar-refractivity contribution in [3.63, 3.8) is 0 Å². The van der Waals surface area contributed by atoms with Gasteiger partial charge in [-0.25, -0.2) is 4.79 Å². The van der Waals surface area contributed by atoms with Crippen LogP contribution in [0.4, 0.5) is 4.79 Å². The lowest BCUT2D eigenvalue weighted by molar-refractivity contribution is 0.0476. The molecule has 5 nitrogen and oxygen atoms in total. The molecule has 1 aromatic heterocycles. The van der Waals surface area contributed by atoms with E-state index >= 15 is 0 Å². The second kappa shape index (κ2) is 7.64. The number of likely N-dealkylation sites (N-methyl/N-ethyl adjacent to an activating group) is 1. The van der Waals surface area contributed by atoms with Crippen LogP contribution in [0.3, 0.4) is 0 Å². The van der Waals surface area contributed by atoms with Crippen LogP contribution < -0.4 is 5.32 Å². The average Bonchev–Trinajstić information content (AvgIpc) is 2.96. The van der Waals surface area contributed by atoms with Crippen LogP contribution >= 0.6 is 11.3 Å². The number of nitrogens with one attached hydrogen (secondary N) is 1. The van der Waals surface area contributed by atoms with Crippen molar-refractivity contribution in [2.75, 3.05) is 26.2 Å². The Kier molecular flexibility index (Phi) is 6.06. The van der Waals surface area contributed by atoms with Crippen LogP contribution in [0.1, 0.15) is 38.1 Å². The molecule has 1 unspecified atom stereocenters. The summed E-state index contributed by atoms with van der Waals surface area (Å²) >= 11 is 1.84. The van der Waals surface area contributed by atoms with Crippen LogP contribution in [0.15, 0.2) is 11.4 Å². The van der Waals surface area contributed by atoms with Crippen molar-refractivity contribution in [2.45, 2.75) is 52.3 Å². The van der Waals surface area contributed by atoms with Crippen molar-refractivity contribution < 1.29 is 9.90 Å². The van der Waals surface area contributed by atoms with Gasteiger partial charge in [-0.2, -0.15) is 0 Å². The molecule has 23 heavy (non-hydrogen) atoms. The number of carbonyl (C=O) groups excluding carboxylic acids is 1. The molecule has 0 fully saturated rings. The molecule has 0 aromatic carbocycles. The van der Waals surface area contributed by atoms with E-state index in [0.29, 0.717) is 25.7 Å². The summed E-state index contributed by atoms with van der Waals surface area (Å²) in [5.41, 5.74) is 0.554. The molecule has 1 aliphatic heterocycles. The molecule has 1 atom stereocenters. The Bertz CT molecular complexity index is 524. The number of urea groups is 1. The standard InChI is InChI=1S/C17H29N3O2S/c1-5-19(12-17(3,4)22)16(21)18-10-13(2)20-8-6-15-14(11-20)7-9-23-15/h7,9,13,22H,5-6,8,10-12H2,1-4H3,(H,18,21). The predicted molar refractivity (Wildman–Crippen MR) is 94.8 cm³/mol. The number of fused-ring (bicyclic) bond motifs is 1. The van der Waals surface area contributed by atoms with Gasteiger partial charge in [0, 0.05) is 37.1 Å². The summed E-state index contributed by atoms with van der Waals surface area (Å²) in [5.74, 6) is 0. The van der Waals surface area contributed by atoms with Crippen LogP contribution in [0.25, 0.3) is 0 Å². The van der Waals surface area contributed by atoms with Crippen molar-refractivity contribution in [3.8, 4) is 0 Å². The first kappa shape index (κ1) is 18.2. The van der Waals surface area contributed by atoms with Crippen molar-refractivity contribution >= 4 is 17.4 Å². The highest BCUT2D eigenvalue weighted by molar-refractivity contribution is 7.10. The van der Waals surface area contributed by atoms with E-state index in [9.17, 15) is 9.90 Å². The van der Waals surface area contributed by atoms with E-state index in [1.807, 2.05) is 18.3 Å². The molecule has 2 heterocycles. The molecule has 0 saturated heterocycles. The number of hydrogen-bond donors (Lipinski definition) is 2.